The van der Waals surface area contributed by atoms with Gasteiger partial charge in [-0.1, -0.05) is 31.2 Å². The molecule has 0 aliphatic heterocycles. The number of hydrogen-bond donors (Lipinski definition) is 2. The SMILES string of the molecule is CC(CN)CSCc1ccccc1CC(=O)O. The lowest BCUT2D eigenvalue weighted by molar-refractivity contribution is -0.136. The highest BCUT2D eigenvalue weighted by Crippen LogP contribution is 2.19. The van der Waals surface area contributed by atoms with E-state index in [1.807, 2.05) is 36.0 Å². The molecular weight excluding hydrogens is 234 g/mol. The van der Waals surface area contributed by atoms with Crippen LogP contribution in [-0.2, 0) is 17.0 Å². The maximum absolute atomic E-state index is 10.7. The van der Waals surface area contributed by atoms with Gasteiger partial charge in [-0.15, -0.1) is 0 Å². The second kappa shape index (κ2) is 7.35. The Morgan fingerprint density at radius 2 is 2.06 bits per heavy atom. The van der Waals surface area contributed by atoms with E-state index in [0.717, 1.165) is 22.6 Å². The Balaban J connectivity index is 2.54. The van der Waals surface area contributed by atoms with Gasteiger partial charge >= 0.3 is 5.97 Å². The van der Waals surface area contributed by atoms with Crippen molar-refractivity contribution in [2.45, 2.75) is 19.1 Å². The molecule has 0 aromatic heterocycles. The van der Waals surface area contributed by atoms with E-state index in [9.17, 15) is 4.79 Å². The molecule has 0 aliphatic carbocycles. The molecule has 0 radical (unpaired) electrons. The maximum atomic E-state index is 10.7. The zero-order valence-corrected chi connectivity index (χ0v) is 10.9. The smallest absolute Gasteiger partial charge is 0.307 e. The van der Waals surface area contributed by atoms with Gasteiger partial charge in [0.05, 0.1) is 6.42 Å². The van der Waals surface area contributed by atoms with E-state index in [4.69, 9.17) is 10.8 Å². The van der Waals surface area contributed by atoms with Crippen LogP contribution in [0, 0.1) is 5.92 Å². The minimum atomic E-state index is -0.780. The van der Waals surface area contributed by atoms with E-state index in [0.29, 0.717) is 12.5 Å². The van der Waals surface area contributed by atoms with E-state index in [2.05, 4.69) is 6.92 Å². The fourth-order valence-corrected chi connectivity index (χ4v) is 2.63. The Morgan fingerprint density at radius 3 is 2.65 bits per heavy atom. The lowest BCUT2D eigenvalue weighted by Crippen LogP contribution is -2.13. The summed E-state index contributed by atoms with van der Waals surface area (Å²) in [6.45, 7) is 2.82. The molecular formula is C13H19NO2S. The molecule has 94 valence electrons. The van der Waals surface area contributed by atoms with Gasteiger partial charge in [-0.2, -0.15) is 11.8 Å². The molecule has 0 saturated carbocycles. The third kappa shape index (κ3) is 5.24. The van der Waals surface area contributed by atoms with E-state index in [1.165, 1.54) is 0 Å². The molecule has 0 amide bonds. The Bertz CT molecular complexity index is 368. The van der Waals surface area contributed by atoms with E-state index < -0.39 is 5.97 Å². The summed E-state index contributed by atoms with van der Waals surface area (Å²) in [5, 5.41) is 8.82. The van der Waals surface area contributed by atoms with Crippen LogP contribution in [0.2, 0.25) is 0 Å². The van der Waals surface area contributed by atoms with Crippen molar-refractivity contribution in [1.82, 2.24) is 0 Å². The molecule has 3 nitrogen and oxygen atoms in total. The Labute approximate surface area is 106 Å². The summed E-state index contributed by atoms with van der Waals surface area (Å²) in [5.74, 6) is 1.59. The van der Waals surface area contributed by atoms with E-state index in [1.54, 1.807) is 0 Å². The fraction of sp³-hybridized carbons (Fsp3) is 0.462. The first kappa shape index (κ1) is 14.1. The van der Waals surface area contributed by atoms with Crippen molar-refractivity contribution >= 4 is 17.7 Å². The minimum Gasteiger partial charge on any atom is -0.481 e. The van der Waals surface area contributed by atoms with Crippen LogP contribution in [0.3, 0.4) is 0 Å². The number of thioether (sulfide) groups is 1. The highest BCUT2D eigenvalue weighted by molar-refractivity contribution is 7.98. The van der Waals surface area contributed by atoms with Crippen molar-refractivity contribution in [3.63, 3.8) is 0 Å². The van der Waals surface area contributed by atoms with Crippen molar-refractivity contribution < 1.29 is 9.90 Å². The van der Waals surface area contributed by atoms with Gasteiger partial charge in [0.15, 0.2) is 0 Å². The third-order valence-electron chi connectivity index (χ3n) is 2.52. The molecule has 4 heteroatoms. The largest absolute Gasteiger partial charge is 0.481 e. The van der Waals surface area contributed by atoms with Crippen molar-refractivity contribution in [3.8, 4) is 0 Å². The van der Waals surface area contributed by atoms with Crippen LogP contribution in [0.4, 0.5) is 0 Å². The highest BCUT2D eigenvalue weighted by Gasteiger charge is 2.07. The topological polar surface area (TPSA) is 63.3 Å². The summed E-state index contributed by atoms with van der Waals surface area (Å²) in [6.07, 6.45) is 0.100. The van der Waals surface area contributed by atoms with Gasteiger partial charge in [0.25, 0.3) is 0 Å². The van der Waals surface area contributed by atoms with Crippen molar-refractivity contribution in [1.29, 1.82) is 0 Å². The molecule has 17 heavy (non-hydrogen) atoms. The van der Waals surface area contributed by atoms with Gasteiger partial charge in [-0.3, -0.25) is 4.79 Å². The van der Waals surface area contributed by atoms with Gasteiger partial charge in [-0.05, 0) is 29.3 Å². The number of carbonyl (C=O) groups is 1. The average molecular weight is 253 g/mol. The van der Waals surface area contributed by atoms with E-state index >= 15 is 0 Å². The molecule has 1 aromatic carbocycles. The summed E-state index contributed by atoms with van der Waals surface area (Å²) in [6, 6.07) is 7.72. The second-order valence-corrected chi connectivity index (χ2v) is 5.23. The first-order valence-electron chi connectivity index (χ1n) is 5.70. The third-order valence-corrected chi connectivity index (χ3v) is 3.84. The van der Waals surface area contributed by atoms with Gasteiger partial charge in [-0.25, -0.2) is 0 Å². The van der Waals surface area contributed by atoms with Crippen molar-refractivity contribution in [2.24, 2.45) is 11.7 Å². The number of aliphatic carboxylic acids is 1. The molecule has 0 bridgehead atoms. The first-order valence-corrected chi connectivity index (χ1v) is 6.85. The Morgan fingerprint density at radius 1 is 1.41 bits per heavy atom. The molecule has 3 N–H and O–H groups in total. The highest BCUT2D eigenvalue weighted by atomic mass is 32.2. The van der Waals surface area contributed by atoms with Crippen LogP contribution in [0.15, 0.2) is 24.3 Å². The Hall–Kier alpha value is -1.00. The van der Waals surface area contributed by atoms with Crippen LogP contribution >= 0.6 is 11.8 Å². The first-order chi connectivity index (χ1) is 8.13. The molecule has 1 atom stereocenters. The standard InChI is InChI=1S/C13H19NO2S/c1-10(7-14)8-17-9-12-5-3-2-4-11(12)6-13(15)16/h2-5,10H,6-9,14H2,1H3,(H,15,16). The van der Waals surface area contributed by atoms with Gasteiger partial charge in [0.1, 0.15) is 0 Å². The second-order valence-electron chi connectivity index (χ2n) is 4.20. The lowest BCUT2D eigenvalue weighted by atomic mass is 10.1. The van der Waals surface area contributed by atoms with Gasteiger partial charge in [0, 0.05) is 5.75 Å². The molecule has 0 fully saturated rings. The summed E-state index contributed by atoms with van der Waals surface area (Å²) >= 11 is 1.81. The molecule has 1 rings (SSSR count). The summed E-state index contributed by atoms with van der Waals surface area (Å²) in [4.78, 5) is 10.7. The molecule has 0 spiro atoms. The molecule has 0 heterocycles. The van der Waals surface area contributed by atoms with Crippen LogP contribution in [0.25, 0.3) is 0 Å². The lowest BCUT2D eigenvalue weighted by Gasteiger charge is -2.10. The van der Waals surface area contributed by atoms with Crippen molar-refractivity contribution in [3.05, 3.63) is 35.4 Å². The fourth-order valence-electron chi connectivity index (χ4n) is 1.47. The maximum Gasteiger partial charge on any atom is 0.307 e. The summed E-state index contributed by atoms with van der Waals surface area (Å²) < 4.78 is 0. The molecule has 1 unspecified atom stereocenters. The average Bonchev–Trinajstić information content (AvgIpc) is 2.30. The number of nitrogens with two attached hydrogens (primary N) is 1. The summed E-state index contributed by atoms with van der Waals surface area (Å²) in [7, 11) is 0. The number of benzene rings is 1. The number of carboxylic acid groups (broad SMARTS) is 1. The molecule has 1 aromatic rings. The molecule has 0 aliphatic rings. The van der Waals surface area contributed by atoms with Crippen LogP contribution in [0.1, 0.15) is 18.1 Å². The minimum absolute atomic E-state index is 0.100. The van der Waals surface area contributed by atoms with E-state index in [-0.39, 0.29) is 6.42 Å². The van der Waals surface area contributed by atoms with Crippen LogP contribution in [0.5, 0.6) is 0 Å². The Kier molecular flexibility index (Phi) is 6.08. The predicted octanol–water partition coefficient (Wildman–Crippen LogP) is 2.14. The predicted molar refractivity (Wildman–Crippen MR) is 72.2 cm³/mol. The van der Waals surface area contributed by atoms with Gasteiger partial charge in [0.2, 0.25) is 0 Å². The zero-order chi connectivity index (χ0) is 12.7. The zero-order valence-electron chi connectivity index (χ0n) is 10.1. The van der Waals surface area contributed by atoms with Crippen LogP contribution in [-0.4, -0.2) is 23.4 Å². The number of carboxylic acids is 1. The number of rotatable bonds is 7. The normalized spacial score (nSPS) is 12.4. The quantitative estimate of drug-likeness (QED) is 0.781. The summed E-state index contributed by atoms with van der Waals surface area (Å²) in [5.41, 5.74) is 7.58. The van der Waals surface area contributed by atoms with Gasteiger partial charge < -0.3 is 10.8 Å². The molecule has 0 saturated heterocycles. The number of hydrogen-bond acceptors (Lipinski definition) is 3. The van der Waals surface area contributed by atoms with Crippen LogP contribution < -0.4 is 5.73 Å². The monoisotopic (exact) mass is 253 g/mol. The van der Waals surface area contributed by atoms with Crippen molar-refractivity contribution in [2.75, 3.05) is 12.3 Å².